The first-order chi connectivity index (χ1) is 9.33. The summed E-state index contributed by atoms with van der Waals surface area (Å²) in [5, 5.41) is 3.73. The van der Waals surface area contributed by atoms with Crippen molar-refractivity contribution in [3.8, 4) is 0 Å². The van der Waals surface area contributed by atoms with Gasteiger partial charge in [-0.25, -0.2) is 0 Å². The van der Waals surface area contributed by atoms with Gasteiger partial charge in [0.1, 0.15) is 0 Å². The lowest BCUT2D eigenvalue weighted by molar-refractivity contribution is 0.0593. The first-order valence-electron chi connectivity index (χ1n) is 7.78. The summed E-state index contributed by atoms with van der Waals surface area (Å²) >= 11 is 0. The Morgan fingerprint density at radius 3 is 2.26 bits per heavy atom. The Bertz CT molecular complexity index is 206. The maximum Gasteiger partial charge on any atom is 0.0589 e. The van der Waals surface area contributed by atoms with Crippen molar-refractivity contribution in [1.29, 1.82) is 0 Å². The summed E-state index contributed by atoms with van der Waals surface area (Å²) in [5.74, 6) is 0. The zero-order chi connectivity index (χ0) is 13.9. The standard InChI is InChI=1S/C15H32N2O2/c1-4-9-16-14-7-5-6-8-15(14)17(10-12-18-2)11-13-19-3/h14-16H,4-13H2,1-3H3. The average molecular weight is 272 g/mol. The van der Waals surface area contributed by atoms with Crippen molar-refractivity contribution in [3.63, 3.8) is 0 Å². The van der Waals surface area contributed by atoms with Crippen LogP contribution >= 0.6 is 0 Å². The van der Waals surface area contributed by atoms with E-state index in [1.165, 1.54) is 32.1 Å². The Morgan fingerprint density at radius 1 is 1.05 bits per heavy atom. The zero-order valence-electron chi connectivity index (χ0n) is 13.0. The summed E-state index contributed by atoms with van der Waals surface area (Å²) in [4.78, 5) is 2.56. The molecule has 0 aliphatic heterocycles. The molecule has 1 rings (SSSR count). The van der Waals surface area contributed by atoms with E-state index in [0.29, 0.717) is 12.1 Å². The van der Waals surface area contributed by atoms with E-state index < -0.39 is 0 Å². The summed E-state index contributed by atoms with van der Waals surface area (Å²) in [6.45, 7) is 6.99. The van der Waals surface area contributed by atoms with Crippen molar-refractivity contribution in [2.75, 3.05) is 47.1 Å². The van der Waals surface area contributed by atoms with Crippen LogP contribution in [-0.2, 0) is 9.47 Å². The Hall–Kier alpha value is -0.160. The van der Waals surface area contributed by atoms with Gasteiger partial charge in [0.05, 0.1) is 13.2 Å². The third kappa shape index (κ3) is 6.21. The van der Waals surface area contributed by atoms with Crippen molar-refractivity contribution in [2.45, 2.75) is 51.1 Å². The van der Waals surface area contributed by atoms with Crippen molar-refractivity contribution < 1.29 is 9.47 Å². The van der Waals surface area contributed by atoms with Crippen molar-refractivity contribution in [3.05, 3.63) is 0 Å². The van der Waals surface area contributed by atoms with Crippen LogP contribution in [0.5, 0.6) is 0 Å². The van der Waals surface area contributed by atoms with Gasteiger partial charge in [-0.3, -0.25) is 4.90 Å². The Labute approximate surface area is 118 Å². The molecule has 0 heterocycles. The topological polar surface area (TPSA) is 33.7 Å². The van der Waals surface area contributed by atoms with E-state index in [1.54, 1.807) is 14.2 Å². The molecule has 0 saturated heterocycles. The molecule has 0 radical (unpaired) electrons. The quantitative estimate of drug-likeness (QED) is 0.658. The van der Waals surface area contributed by atoms with Gasteiger partial charge in [-0.15, -0.1) is 0 Å². The monoisotopic (exact) mass is 272 g/mol. The maximum absolute atomic E-state index is 5.26. The summed E-state index contributed by atoms with van der Waals surface area (Å²) < 4.78 is 10.5. The van der Waals surface area contributed by atoms with Crippen LogP contribution in [0.25, 0.3) is 0 Å². The van der Waals surface area contributed by atoms with Crippen LogP contribution in [0.3, 0.4) is 0 Å². The molecule has 0 aromatic heterocycles. The minimum absolute atomic E-state index is 0.641. The highest BCUT2D eigenvalue weighted by molar-refractivity contribution is 4.88. The Balaban J connectivity index is 2.54. The third-order valence-electron chi connectivity index (χ3n) is 4.02. The molecule has 0 bridgehead atoms. The molecular weight excluding hydrogens is 240 g/mol. The molecule has 0 aromatic rings. The molecule has 0 spiro atoms. The van der Waals surface area contributed by atoms with E-state index in [2.05, 4.69) is 17.1 Å². The van der Waals surface area contributed by atoms with Crippen molar-refractivity contribution in [2.24, 2.45) is 0 Å². The molecule has 4 heteroatoms. The largest absolute Gasteiger partial charge is 0.383 e. The van der Waals surface area contributed by atoms with Gasteiger partial charge in [-0.2, -0.15) is 0 Å². The number of nitrogens with one attached hydrogen (secondary N) is 1. The number of rotatable bonds is 10. The summed E-state index contributed by atoms with van der Waals surface area (Å²) in [5.41, 5.74) is 0. The molecule has 2 atom stereocenters. The van der Waals surface area contributed by atoms with E-state index in [0.717, 1.165) is 32.8 Å². The second-order valence-electron chi connectivity index (χ2n) is 5.43. The minimum atomic E-state index is 0.641. The molecule has 114 valence electrons. The van der Waals surface area contributed by atoms with Crippen molar-refractivity contribution >= 4 is 0 Å². The average Bonchev–Trinajstić information content (AvgIpc) is 2.46. The van der Waals surface area contributed by atoms with Gasteiger partial charge in [-0.1, -0.05) is 19.8 Å². The lowest BCUT2D eigenvalue weighted by Gasteiger charge is -2.40. The fraction of sp³-hybridized carbons (Fsp3) is 1.00. The van der Waals surface area contributed by atoms with E-state index in [-0.39, 0.29) is 0 Å². The SMILES string of the molecule is CCCNC1CCCCC1N(CCOC)CCOC. The Kier molecular flexibility index (Phi) is 9.43. The van der Waals surface area contributed by atoms with Gasteiger partial charge in [0.25, 0.3) is 0 Å². The first kappa shape index (κ1) is 16.9. The van der Waals surface area contributed by atoms with Crippen LogP contribution in [0, 0.1) is 0 Å². The summed E-state index contributed by atoms with van der Waals surface area (Å²) in [6.07, 6.45) is 6.53. The minimum Gasteiger partial charge on any atom is -0.383 e. The third-order valence-corrected chi connectivity index (χ3v) is 4.02. The molecule has 4 nitrogen and oxygen atoms in total. The number of hydrogen-bond acceptors (Lipinski definition) is 4. The fourth-order valence-electron chi connectivity index (χ4n) is 2.98. The molecule has 1 saturated carbocycles. The van der Waals surface area contributed by atoms with Gasteiger partial charge in [-0.05, 0) is 25.8 Å². The fourth-order valence-corrected chi connectivity index (χ4v) is 2.98. The van der Waals surface area contributed by atoms with Crippen LogP contribution in [0.1, 0.15) is 39.0 Å². The molecular formula is C15H32N2O2. The molecule has 2 unspecified atom stereocenters. The van der Waals surface area contributed by atoms with E-state index >= 15 is 0 Å². The highest BCUT2D eigenvalue weighted by atomic mass is 16.5. The van der Waals surface area contributed by atoms with Crippen LogP contribution in [0.4, 0.5) is 0 Å². The second kappa shape index (κ2) is 10.6. The zero-order valence-corrected chi connectivity index (χ0v) is 13.0. The molecule has 1 aliphatic rings. The molecule has 19 heavy (non-hydrogen) atoms. The molecule has 1 fully saturated rings. The number of ether oxygens (including phenoxy) is 2. The van der Waals surface area contributed by atoms with E-state index in [4.69, 9.17) is 9.47 Å². The van der Waals surface area contributed by atoms with Gasteiger partial charge < -0.3 is 14.8 Å². The highest BCUT2D eigenvalue weighted by Gasteiger charge is 2.29. The number of nitrogens with zero attached hydrogens (tertiary/aromatic N) is 1. The van der Waals surface area contributed by atoms with Gasteiger partial charge in [0, 0.05) is 39.4 Å². The maximum atomic E-state index is 5.26. The van der Waals surface area contributed by atoms with Crippen LogP contribution in [0.15, 0.2) is 0 Å². The number of hydrogen-bond donors (Lipinski definition) is 1. The molecule has 1 aliphatic carbocycles. The molecule has 1 N–H and O–H groups in total. The second-order valence-corrected chi connectivity index (χ2v) is 5.43. The van der Waals surface area contributed by atoms with Crippen LogP contribution < -0.4 is 5.32 Å². The lowest BCUT2D eigenvalue weighted by atomic mass is 9.89. The Morgan fingerprint density at radius 2 is 1.68 bits per heavy atom. The van der Waals surface area contributed by atoms with Gasteiger partial charge in [0.2, 0.25) is 0 Å². The summed E-state index contributed by atoms with van der Waals surface area (Å²) in [7, 11) is 3.56. The first-order valence-corrected chi connectivity index (χ1v) is 7.78. The van der Waals surface area contributed by atoms with Gasteiger partial charge in [0.15, 0.2) is 0 Å². The van der Waals surface area contributed by atoms with Crippen LogP contribution in [-0.4, -0.2) is 64.1 Å². The predicted molar refractivity (Wildman–Crippen MR) is 79.7 cm³/mol. The lowest BCUT2D eigenvalue weighted by Crippen LogP contribution is -2.53. The molecule has 0 aromatic carbocycles. The predicted octanol–water partition coefficient (Wildman–Crippen LogP) is 1.89. The molecule has 0 amide bonds. The summed E-state index contributed by atoms with van der Waals surface area (Å²) in [6, 6.07) is 1.29. The number of methoxy groups -OCH3 is 2. The van der Waals surface area contributed by atoms with E-state index in [1.807, 2.05) is 0 Å². The van der Waals surface area contributed by atoms with Gasteiger partial charge >= 0.3 is 0 Å². The normalized spacial score (nSPS) is 24.0. The van der Waals surface area contributed by atoms with Crippen LogP contribution in [0.2, 0.25) is 0 Å². The van der Waals surface area contributed by atoms with Crippen molar-refractivity contribution in [1.82, 2.24) is 10.2 Å². The van der Waals surface area contributed by atoms with E-state index in [9.17, 15) is 0 Å². The smallest absolute Gasteiger partial charge is 0.0589 e. The highest BCUT2D eigenvalue weighted by Crippen LogP contribution is 2.23.